The van der Waals surface area contributed by atoms with Crippen LogP contribution in [0.5, 0.6) is 0 Å². The normalized spacial score (nSPS) is 17.3. The fourth-order valence-electron chi connectivity index (χ4n) is 3.67. The molecule has 3 aromatic rings. The lowest BCUT2D eigenvalue weighted by Gasteiger charge is -2.33. The number of carbonyl (C=O) groups excluding carboxylic acids is 1. The molecule has 1 aromatic heterocycles. The maximum atomic E-state index is 13.2. The first-order valence-corrected chi connectivity index (χ1v) is 8.91. The van der Waals surface area contributed by atoms with Crippen molar-refractivity contribution in [3.8, 4) is 11.4 Å². The average Bonchev–Trinajstić information content (AvgIpc) is 3.22. The van der Waals surface area contributed by atoms with Crippen LogP contribution in [0.15, 0.2) is 48.5 Å². The van der Waals surface area contributed by atoms with Crippen molar-refractivity contribution in [1.29, 1.82) is 0 Å². The molecule has 1 amide bonds. The van der Waals surface area contributed by atoms with E-state index >= 15 is 0 Å². The lowest BCUT2D eigenvalue weighted by Crippen LogP contribution is -2.39. The summed E-state index contributed by atoms with van der Waals surface area (Å²) < 4.78 is 0. The number of aryl methyl sites for hydroxylation is 1. The van der Waals surface area contributed by atoms with Crippen LogP contribution in [0, 0.1) is 6.92 Å². The van der Waals surface area contributed by atoms with E-state index in [1.54, 1.807) is 0 Å². The molecule has 2 aromatic carbocycles. The Labute approximate surface area is 152 Å². The minimum Gasteiger partial charge on any atom is -0.338 e. The van der Waals surface area contributed by atoms with Gasteiger partial charge in [0.25, 0.3) is 5.91 Å². The molecule has 1 aliphatic rings. The first-order chi connectivity index (χ1) is 12.7. The number of hydrogen-bond acceptors (Lipinski definition) is 4. The number of amides is 1. The Morgan fingerprint density at radius 1 is 1.19 bits per heavy atom. The molecule has 0 unspecified atom stereocenters. The number of benzene rings is 2. The monoisotopic (exact) mass is 347 g/mol. The van der Waals surface area contributed by atoms with Crippen LogP contribution in [0.3, 0.4) is 0 Å². The van der Waals surface area contributed by atoms with Gasteiger partial charge in [0.05, 0.1) is 5.56 Å². The third-order valence-corrected chi connectivity index (χ3v) is 4.97. The number of H-pyrrole nitrogens is 1. The Balaban J connectivity index is 1.59. The van der Waals surface area contributed by atoms with Crippen LogP contribution in [-0.2, 0) is 0 Å². The molecule has 1 aliphatic heterocycles. The van der Waals surface area contributed by atoms with Gasteiger partial charge >= 0.3 is 0 Å². The molecule has 0 spiro atoms. The zero-order valence-electron chi connectivity index (χ0n) is 14.7. The lowest BCUT2D eigenvalue weighted by atomic mass is 9.89. The number of piperidine rings is 1. The van der Waals surface area contributed by atoms with Crippen molar-refractivity contribution in [3.05, 3.63) is 65.2 Å². The highest BCUT2D eigenvalue weighted by molar-refractivity contribution is 6.00. The van der Waals surface area contributed by atoms with Crippen molar-refractivity contribution in [2.75, 3.05) is 13.1 Å². The summed E-state index contributed by atoms with van der Waals surface area (Å²) in [5.41, 5.74) is 3.91. The quantitative estimate of drug-likeness (QED) is 0.789. The van der Waals surface area contributed by atoms with Gasteiger partial charge in [0.2, 0.25) is 5.82 Å². The topological polar surface area (TPSA) is 74.8 Å². The number of nitrogens with one attached hydrogen (secondary N) is 1. The van der Waals surface area contributed by atoms with Gasteiger partial charge in [-0.1, -0.05) is 48.0 Å². The highest BCUT2D eigenvalue weighted by Gasteiger charge is 2.27. The van der Waals surface area contributed by atoms with Crippen molar-refractivity contribution in [2.45, 2.75) is 25.7 Å². The second kappa shape index (κ2) is 7.07. The molecule has 1 atom stereocenters. The van der Waals surface area contributed by atoms with Crippen LogP contribution < -0.4 is 0 Å². The highest BCUT2D eigenvalue weighted by Crippen LogP contribution is 2.29. The SMILES string of the molecule is Cc1cccc([C@H]2CCCN(C(=O)c3ccccc3-c3nn[nH]n3)C2)c1. The van der Waals surface area contributed by atoms with E-state index in [9.17, 15) is 4.79 Å². The summed E-state index contributed by atoms with van der Waals surface area (Å²) in [6, 6.07) is 16.1. The Kier molecular flexibility index (Phi) is 4.48. The van der Waals surface area contributed by atoms with Gasteiger partial charge in [0.1, 0.15) is 0 Å². The van der Waals surface area contributed by atoms with E-state index in [0.717, 1.165) is 25.9 Å². The van der Waals surface area contributed by atoms with Gasteiger partial charge in [-0.3, -0.25) is 4.79 Å². The standard InChI is InChI=1S/C20H21N5O/c1-14-6-4-7-15(12-14)16-8-5-11-25(13-16)20(26)18-10-3-2-9-17(18)19-21-23-24-22-19/h2-4,6-7,9-10,12,16H,5,8,11,13H2,1H3,(H,21,22,23,24)/t16-/m0/s1. The number of rotatable bonds is 3. The molecule has 0 bridgehead atoms. The molecule has 4 rings (SSSR count). The minimum atomic E-state index is 0.0303. The van der Waals surface area contributed by atoms with E-state index in [0.29, 0.717) is 22.9 Å². The summed E-state index contributed by atoms with van der Waals surface area (Å²) in [6.45, 7) is 3.63. The van der Waals surface area contributed by atoms with Crippen LogP contribution in [-0.4, -0.2) is 44.5 Å². The number of carbonyl (C=O) groups is 1. The summed E-state index contributed by atoms with van der Waals surface area (Å²) in [4.78, 5) is 15.2. The summed E-state index contributed by atoms with van der Waals surface area (Å²) in [5.74, 6) is 0.855. The number of hydrogen-bond donors (Lipinski definition) is 1. The summed E-state index contributed by atoms with van der Waals surface area (Å²) in [5, 5.41) is 14.1. The van der Waals surface area contributed by atoms with Gasteiger partial charge < -0.3 is 4.90 Å². The summed E-state index contributed by atoms with van der Waals surface area (Å²) >= 11 is 0. The first kappa shape index (κ1) is 16.4. The predicted molar refractivity (Wildman–Crippen MR) is 98.7 cm³/mol. The summed E-state index contributed by atoms with van der Waals surface area (Å²) in [7, 11) is 0. The van der Waals surface area contributed by atoms with Crippen molar-refractivity contribution in [3.63, 3.8) is 0 Å². The van der Waals surface area contributed by atoms with E-state index in [4.69, 9.17) is 0 Å². The average molecular weight is 347 g/mol. The van der Waals surface area contributed by atoms with Gasteiger partial charge in [-0.2, -0.15) is 5.21 Å². The Morgan fingerprint density at radius 3 is 2.88 bits per heavy atom. The van der Waals surface area contributed by atoms with E-state index in [2.05, 4.69) is 51.8 Å². The highest BCUT2D eigenvalue weighted by atomic mass is 16.2. The predicted octanol–water partition coefficient (Wildman–Crippen LogP) is 3.19. The van der Waals surface area contributed by atoms with Crippen molar-refractivity contribution < 1.29 is 4.79 Å². The van der Waals surface area contributed by atoms with E-state index in [1.165, 1.54) is 11.1 Å². The molecule has 6 nitrogen and oxygen atoms in total. The Hall–Kier alpha value is -3.02. The maximum Gasteiger partial charge on any atom is 0.254 e. The molecule has 2 heterocycles. The zero-order chi connectivity index (χ0) is 17.9. The zero-order valence-corrected chi connectivity index (χ0v) is 14.7. The number of nitrogens with zero attached hydrogens (tertiary/aromatic N) is 4. The first-order valence-electron chi connectivity index (χ1n) is 8.91. The molecule has 132 valence electrons. The molecule has 0 aliphatic carbocycles. The largest absolute Gasteiger partial charge is 0.338 e. The fraction of sp³-hybridized carbons (Fsp3) is 0.300. The molecule has 1 saturated heterocycles. The van der Waals surface area contributed by atoms with Crippen LogP contribution in [0.25, 0.3) is 11.4 Å². The van der Waals surface area contributed by atoms with Crippen LogP contribution in [0.1, 0.15) is 40.2 Å². The molecule has 1 fully saturated rings. The number of aromatic nitrogens is 4. The molecule has 0 saturated carbocycles. The number of tetrazole rings is 1. The van der Waals surface area contributed by atoms with E-state index < -0.39 is 0 Å². The molecule has 26 heavy (non-hydrogen) atoms. The van der Waals surface area contributed by atoms with Gasteiger partial charge in [0.15, 0.2) is 0 Å². The third-order valence-electron chi connectivity index (χ3n) is 4.97. The maximum absolute atomic E-state index is 13.2. The minimum absolute atomic E-state index is 0.0303. The molecular formula is C20H21N5O. The van der Waals surface area contributed by atoms with Gasteiger partial charge in [-0.05, 0) is 36.6 Å². The van der Waals surface area contributed by atoms with E-state index in [-0.39, 0.29) is 5.91 Å². The van der Waals surface area contributed by atoms with Crippen molar-refractivity contribution >= 4 is 5.91 Å². The second-order valence-electron chi connectivity index (χ2n) is 6.79. The molecule has 1 N–H and O–H groups in total. The van der Waals surface area contributed by atoms with Crippen LogP contribution >= 0.6 is 0 Å². The number of likely N-dealkylation sites (tertiary alicyclic amines) is 1. The molecular weight excluding hydrogens is 326 g/mol. The van der Waals surface area contributed by atoms with Gasteiger partial charge in [-0.25, -0.2) is 0 Å². The van der Waals surface area contributed by atoms with E-state index in [1.807, 2.05) is 29.2 Å². The van der Waals surface area contributed by atoms with Crippen molar-refractivity contribution in [2.24, 2.45) is 0 Å². The van der Waals surface area contributed by atoms with Crippen LogP contribution in [0.2, 0.25) is 0 Å². The Morgan fingerprint density at radius 2 is 2.08 bits per heavy atom. The van der Waals surface area contributed by atoms with Gasteiger partial charge in [-0.15, -0.1) is 10.2 Å². The van der Waals surface area contributed by atoms with Gasteiger partial charge in [0, 0.05) is 24.6 Å². The smallest absolute Gasteiger partial charge is 0.254 e. The third kappa shape index (κ3) is 3.22. The number of aromatic amines is 1. The lowest BCUT2D eigenvalue weighted by molar-refractivity contribution is 0.0708. The second-order valence-corrected chi connectivity index (χ2v) is 6.79. The summed E-state index contributed by atoms with van der Waals surface area (Å²) in [6.07, 6.45) is 2.12. The van der Waals surface area contributed by atoms with Crippen LogP contribution in [0.4, 0.5) is 0 Å². The fourth-order valence-corrected chi connectivity index (χ4v) is 3.67. The molecule has 0 radical (unpaired) electrons. The van der Waals surface area contributed by atoms with Crippen molar-refractivity contribution in [1.82, 2.24) is 25.5 Å². The Bertz CT molecular complexity index is 906. The molecule has 6 heteroatoms.